The van der Waals surface area contributed by atoms with Crippen molar-refractivity contribution in [3.8, 4) is 0 Å². The maximum atomic E-state index is 9.71. The van der Waals surface area contributed by atoms with Crippen molar-refractivity contribution in [1.82, 2.24) is 0 Å². The van der Waals surface area contributed by atoms with Crippen LogP contribution in [0.1, 0.15) is 12.8 Å². The average molecular weight is 264 g/mol. The molecule has 1 unspecified atom stereocenters. The van der Waals surface area contributed by atoms with E-state index in [1.54, 1.807) is 0 Å². The van der Waals surface area contributed by atoms with Crippen LogP contribution in [0.25, 0.3) is 0 Å². The van der Waals surface area contributed by atoms with E-state index in [2.05, 4.69) is 0 Å². The second kappa shape index (κ2) is 6.25. The molecule has 0 spiro atoms. The van der Waals surface area contributed by atoms with Crippen LogP contribution in [0.4, 0.5) is 0 Å². The van der Waals surface area contributed by atoms with Gasteiger partial charge in [-0.3, -0.25) is 0 Å². The van der Waals surface area contributed by atoms with E-state index >= 15 is 0 Å². The maximum absolute atomic E-state index is 9.71. The summed E-state index contributed by atoms with van der Waals surface area (Å²) in [4.78, 5) is 0. The first-order valence-corrected chi connectivity index (χ1v) is 6.17. The first-order valence-electron chi connectivity index (χ1n) is 6.17. The lowest BCUT2D eigenvalue weighted by Gasteiger charge is -2.39. The van der Waals surface area contributed by atoms with Crippen LogP contribution >= 0.6 is 0 Å². The molecule has 18 heavy (non-hydrogen) atoms. The Morgan fingerprint density at radius 1 is 1.11 bits per heavy atom. The normalized spacial score (nSPS) is 45.3. The molecule has 2 rings (SSSR count). The molecule has 2 aliphatic rings. The van der Waals surface area contributed by atoms with E-state index in [0.717, 1.165) is 12.8 Å². The molecule has 4 N–H and O–H groups in total. The molecule has 0 aromatic rings. The minimum atomic E-state index is -1.40. The summed E-state index contributed by atoms with van der Waals surface area (Å²) in [5.41, 5.74) is 0. The molecule has 0 aliphatic carbocycles. The van der Waals surface area contributed by atoms with Crippen molar-refractivity contribution < 1.29 is 34.6 Å². The molecule has 6 atom stereocenters. The van der Waals surface area contributed by atoms with Gasteiger partial charge in [0.25, 0.3) is 0 Å². The van der Waals surface area contributed by atoms with Gasteiger partial charge in [-0.1, -0.05) is 0 Å². The summed E-state index contributed by atoms with van der Waals surface area (Å²) >= 11 is 0. The molecule has 0 bridgehead atoms. The Morgan fingerprint density at radius 2 is 1.89 bits per heavy atom. The Morgan fingerprint density at radius 3 is 2.50 bits per heavy atom. The molecule has 7 heteroatoms. The molecule has 2 saturated heterocycles. The number of ether oxygens (including phenoxy) is 3. The third-order valence-electron chi connectivity index (χ3n) is 3.32. The predicted molar refractivity (Wildman–Crippen MR) is 58.7 cm³/mol. The van der Waals surface area contributed by atoms with Gasteiger partial charge in [-0.15, -0.1) is 0 Å². The van der Waals surface area contributed by atoms with Gasteiger partial charge in [0.1, 0.15) is 24.4 Å². The molecule has 2 fully saturated rings. The molecule has 2 aliphatic heterocycles. The van der Waals surface area contributed by atoms with Crippen molar-refractivity contribution >= 4 is 0 Å². The third-order valence-corrected chi connectivity index (χ3v) is 3.32. The van der Waals surface area contributed by atoms with Crippen molar-refractivity contribution in [3.05, 3.63) is 0 Å². The summed E-state index contributed by atoms with van der Waals surface area (Å²) < 4.78 is 15.9. The van der Waals surface area contributed by atoms with Crippen molar-refractivity contribution in [2.24, 2.45) is 0 Å². The highest BCUT2D eigenvalue weighted by molar-refractivity contribution is 4.89. The lowest BCUT2D eigenvalue weighted by molar-refractivity contribution is -0.304. The SMILES string of the molecule is OC[C@H]1O[C@H](OCC2CCCO2)[C@H](O)[C@@H](O)[C@@H]1O. The maximum Gasteiger partial charge on any atom is 0.186 e. The minimum absolute atomic E-state index is 0.0302. The van der Waals surface area contributed by atoms with Crippen LogP contribution in [-0.4, -0.2) is 77.1 Å². The second-order valence-electron chi connectivity index (χ2n) is 4.67. The van der Waals surface area contributed by atoms with Gasteiger partial charge in [0, 0.05) is 6.61 Å². The van der Waals surface area contributed by atoms with Gasteiger partial charge in [-0.25, -0.2) is 0 Å². The first-order chi connectivity index (χ1) is 8.63. The topological polar surface area (TPSA) is 109 Å². The Hall–Kier alpha value is -0.280. The van der Waals surface area contributed by atoms with Crippen LogP contribution in [-0.2, 0) is 14.2 Å². The van der Waals surface area contributed by atoms with E-state index in [0.29, 0.717) is 6.61 Å². The van der Waals surface area contributed by atoms with Crippen molar-refractivity contribution in [2.75, 3.05) is 19.8 Å². The van der Waals surface area contributed by atoms with Gasteiger partial charge in [0.15, 0.2) is 6.29 Å². The third kappa shape index (κ3) is 3.00. The van der Waals surface area contributed by atoms with Crippen molar-refractivity contribution in [3.63, 3.8) is 0 Å². The molecule has 0 aromatic heterocycles. The fourth-order valence-electron chi connectivity index (χ4n) is 2.18. The molecule has 0 saturated carbocycles. The van der Waals surface area contributed by atoms with E-state index in [-0.39, 0.29) is 12.7 Å². The quantitative estimate of drug-likeness (QED) is 0.464. The van der Waals surface area contributed by atoms with E-state index in [9.17, 15) is 15.3 Å². The van der Waals surface area contributed by atoms with E-state index in [4.69, 9.17) is 19.3 Å². The first kappa shape index (κ1) is 14.1. The number of aliphatic hydroxyl groups is 4. The van der Waals surface area contributed by atoms with Crippen LogP contribution in [0.5, 0.6) is 0 Å². The number of hydrogen-bond donors (Lipinski definition) is 4. The Kier molecular flexibility index (Phi) is 4.91. The lowest BCUT2D eigenvalue weighted by atomic mass is 9.99. The average Bonchev–Trinajstić information content (AvgIpc) is 2.88. The highest BCUT2D eigenvalue weighted by Crippen LogP contribution is 2.23. The van der Waals surface area contributed by atoms with Crippen LogP contribution in [0.15, 0.2) is 0 Å². The van der Waals surface area contributed by atoms with E-state index < -0.39 is 37.3 Å². The second-order valence-corrected chi connectivity index (χ2v) is 4.67. The zero-order valence-electron chi connectivity index (χ0n) is 10.0. The minimum Gasteiger partial charge on any atom is -0.394 e. The standard InChI is InChI=1S/C11H20O7/c12-4-7-8(13)9(14)10(15)11(18-7)17-5-6-2-1-3-16-6/h6-15H,1-5H2/t6?,7-,8-,9+,10-,11+/m1/s1. The highest BCUT2D eigenvalue weighted by Gasteiger charge is 2.44. The smallest absolute Gasteiger partial charge is 0.186 e. The summed E-state index contributed by atoms with van der Waals surface area (Å²) in [7, 11) is 0. The number of rotatable bonds is 4. The summed E-state index contributed by atoms with van der Waals surface area (Å²) in [6, 6.07) is 0. The van der Waals surface area contributed by atoms with Crippen LogP contribution < -0.4 is 0 Å². The van der Waals surface area contributed by atoms with Crippen LogP contribution in [0, 0.1) is 0 Å². The summed E-state index contributed by atoms with van der Waals surface area (Å²) in [6.07, 6.45) is -4.26. The van der Waals surface area contributed by atoms with Crippen LogP contribution in [0.3, 0.4) is 0 Å². The largest absolute Gasteiger partial charge is 0.394 e. The van der Waals surface area contributed by atoms with Gasteiger partial charge in [-0.05, 0) is 12.8 Å². The molecular weight excluding hydrogens is 244 g/mol. The van der Waals surface area contributed by atoms with Gasteiger partial charge in [0.2, 0.25) is 0 Å². The molecule has 7 nitrogen and oxygen atoms in total. The zero-order valence-corrected chi connectivity index (χ0v) is 10.0. The van der Waals surface area contributed by atoms with Crippen LogP contribution in [0.2, 0.25) is 0 Å². The fourth-order valence-corrected chi connectivity index (χ4v) is 2.18. The van der Waals surface area contributed by atoms with Crippen molar-refractivity contribution in [2.45, 2.75) is 49.7 Å². The predicted octanol–water partition coefficient (Wildman–Crippen LogP) is -2.02. The Bertz CT molecular complexity index is 254. The van der Waals surface area contributed by atoms with E-state index in [1.807, 2.05) is 0 Å². The monoisotopic (exact) mass is 264 g/mol. The van der Waals surface area contributed by atoms with Crippen molar-refractivity contribution in [1.29, 1.82) is 0 Å². The van der Waals surface area contributed by atoms with Gasteiger partial charge < -0.3 is 34.6 Å². The van der Waals surface area contributed by atoms with Gasteiger partial charge in [-0.2, -0.15) is 0 Å². The molecule has 0 amide bonds. The summed E-state index contributed by atoms with van der Waals surface area (Å²) in [5, 5.41) is 37.9. The molecule has 0 aromatic carbocycles. The van der Waals surface area contributed by atoms with E-state index in [1.165, 1.54) is 0 Å². The van der Waals surface area contributed by atoms with Gasteiger partial charge in [0.05, 0.1) is 19.3 Å². The molecule has 2 heterocycles. The summed E-state index contributed by atoms with van der Waals surface area (Å²) in [5.74, 6) is 0. The number of aliphatic hydroxyl groups excluding tert-OH is 4. The molecule has 0 radical (unpaired) electrons. The Balaban J connectivity index is 1.86. The molecule has 106 valence electrons. The fraction of sp³-hybridized carbons (Fsp3) is 1.00. The Labute approximate surface area is 105 Å². The lowest BCUT2D eigenvalue weighted by Crippen LogP contribution is -2.59. The summed E-state index contributed by atoms with van der Waals surface area (Å²) in [6.45, 7) is 0.496. The zero-order chi connectivity index (χ0) is 13.1. The highest BCUT2D eigenvalue weighted by atomic mass is 16.7. The molecular formula is C11H20O7. The van der Waals surface area contributed by atoms with Gasteiger partial charge >= 0.3 is 0 Å². The number of hydrogen-bond acceptors (Lipinski definition) is 7.